The van der Waals surface area contributed by atoms with Crippen molar-refractivity contribution in [2.24, 2.45) is 11.8 Å². The first kappa shape index (κ1) is 10.1. The number of ketones is 1. The average Bonchev–Trinajstić information content (AvgIpc) is 2.60. The van der Waals surface area contributed by atoms with E-state index in [0.717, 1.165) is 12.8 Å². The summed E-state index contributed by atoms with van der Waals surface area (Å²) in [7, 11) is 0. The van der Waals surface area contributed by atoms with Crippen molar-refractivity contribution in [3.8, 4) is 0 Å². The van der Waals surface area contributed by atoms with Crippen LogP contribution in [0.4, 0.5) is 4.79 Å². The van der Waals surface area contributed by atoms with Crippen LogP contribution in [-0.2, 0) is 9.53 Å². The number of piperidine rings is 1. The fourth-order valence-corrected chi connectivity index (χ4v) is 3.62. The smallest absolute Gasteiger partial charge is 0.410 e. The van der Waals surface area contributed by atoms with Crippen molar-refractivity contribution in [1.82, 2.24) is 4.90 Å². The first-order chi connectivity index (χ1) is 7.66. The van der Waals surface area contributed by atoms with Gasteiger partial charge in [0.15, 0.2) is 0 Å². The van der Waals surface area contributed by atoms with E-state index >= 15 is 0 Å². The molecule has 0 aromatic heterocycles. The van der Waals surface area contributed by atoms with Crippen molar-refractivity contribution in [3.63, 3.8) is 0 Å². The molecule has 1 amide bonds. The fraction of sp³-hybridized carbons (Fsp3) is 0.833. The van der Waals surface area contributed by atoms with Gasteiger partial charge in [-0.2, -0.15) is 0 Å². The fourth-order valence-electron chi connectivity index (χ4n) is 3.62. The van der Waals surface area contributed by atoms with Gasteiger partial charge in [0.25, 0.3) is 0 Å². The summed E-state index contributed by atoms with van der Waals surface area (Å²) in [5.41, 5.74) is 0. The predicted molar refractivity (Wildman–Crippen MR) is 56.9 cm³/mol. The summed E-state index contributed by atoms with van der Waals surface area (Å²) in [6, 6.07) is 0.344. The number of Topliss-reactive ketones (excluding diaryl/α,β-unsaturated/α-hetero) is 1. The molecule has 4 nitrogen and oxygen atoms in total. The Morgan fingerprint density at radius 3 is 2.88 bits per heavy atom. The lowest BCUT2D eigenvalue weighted by atomic mass is 9.70. The maximum atomic E-state index is 11.7. The number of hydrogen-bond acceptors (Lipinski definition) is 3. The predicted octanol–water partition coefficient (Wildman–Crippen LogP) is 1.58. The zero-order chi connectivity index (χ0) is 11.3. The summed E-state index contributed by atoms with van der Waals surface area (Å²) in [6.07, 6.45) is 3.19. The number of cyclic esters (lactones) is 1. The molecule has 1 aliphatic carbocycles. The molecule has 3 fully saturated rings. The number of hydrogen-bond donors (Lipinski definition) is 0. The molecule has 4 atom stereocenters. The molecule has 0 radical (unpaired) electrons. The molecule has 2 saturated heterocycles. The lowest BCUT2D eigenvalue weighted by molar-refractivity contribution is -0.126. The first-order valence-corrected chi connectivity index (χ1v) is 6.13. The third kappa shape index (κ3) is 1.35. The first-order valence-electron chi connectivity index (χ1n) is 6.13. The highest BCUT2D eigenvalue weighted by molar-refractivity contribution is 5.81. The minimum atomic E-state index is -0.207. The van der Waals surface area contributed by atoms with E-state index < -0.39 is 0 Å². The molecule has 0 aromatic rings. The van der Waals surface area contributed by atoms with Crippen molar-refractivity contribution in [2.75, 3.05) is 6.61 Å². The van der Waals surface area contributed by atoms with Crippen molar-refractivity contribution in [2.45, 2.75) is 44.7 Å². The van der Waals surface area contributed by atoms with Crippen LogP contribution in [0.15, 0.2) is 0 Å². The van der Waals surface area contributed by atoms with Gasteiger partial charge in [0.2, 0.25) is 0 Å². The van der Waals surface area contributed by atoms with E-state index in [2.05, 4.69) is 6.92 Å². The molecule has 2 heterocycles. The van der Waals surface area contributed by atoms with E-state index in [4.69, 9.17) is 4.74 Å². The molecule has 3 rings (SSSR count). The van der Waals surface area contributed by atoms with E-state index in [-0.39, 0.29) is 18.2 Å². The summed E-state index contributed by atoms with van der Waals surface area (Å²) >= 11 is 0. The Hall–Kier alpha value is -1.06. The Kier molecular flexibility index (Phi) is 2.19. The van der Waals surface area contributed by atoms with E-state index in [0.29, 0.717) is 37.1 Å². The largest absolute Gasteiger partial charge is 0.447 e. The van der Waals surface area contributed by atoms with Crippen LogP contribution in [0.2, 0.25) is 0 Å². The van der Waals surface area contributed by atoms with Crippen LogP contribution in [0.1, 0.15) is 32.6 Å². The van der Waals surface area contributed by atoms with E-state index in [1.54, 1.807) is 0 Å². The topological polar surface area (TPSA) is 46.6 Å². The van der Waals surface area contributed by atoms with Crippen molar-refractivity contribution in [1.29, 1.82) is 0 Å². The van der Waals surface area contributed by atoms with Gasteiger partial charge in [-0.1, -0.05) is 6.92 Å². The van der Waals surface area contributed by atoms with Gasteiger partial charge in [0.05, 0.1) is 6.04 Å². The van der Waals surface area contributed by atoms with Gasteiger partial charge in [0, 0.05) is 18.9 Å². The molecule has 0 unspecified atom stereocenters. The van der Waals surface area contributed by atoms with E-state index in [1.807, 2.05) is 4.90 Å². The molecule has 0 N–H and O–H groups in total. The van der Waals surface area contributed by atoms with Crippen LogP contribution < -0.4 is 0 Å². The molecule has 0 bridgehead atoms. The van der Waals surface area contributed by atoms with Crippen molar-refractivity contribution < 1.29 is 14.3 Å². The van der Waals surface area contributed by atoms with E-state index in [1.165, 1.54) is 0 Å². The minimum absolute atomic E-state index is 0.116. The summed E-state index contributed by atoms with van der Waals surface area (Å²) < 4.78 is 5.10. The highest BCUT2D eigenvalue weighted by atomic mass is 16.6. The Balaban J connectivity index is 1.88. The van der Waals surface area contributed by atoms with Crippen LogP contribution >= 0.6 is 0 Å². The lowest BCUT2D eigenvalue weighted by Gasteiger charge is -2.46. The van der Waals surface area contributed by atoms with Gasteiger partial charge in [-0.05, 0) is 24.7 Å². The average molecular weight is 223 g/mol. The van der Waals surface area contributed by atoms with Crippen LogP contribution in [0.5, 0.6) is 0 Å². The summed E-state index contributed by atoms with van der Waals surface area (Å²) in [5, 5.41) is 0. The molecule has 4 heteroatoms. The molecule has 16 heavy (non-hydrogen) atoms. The van der Waals surface area contributed by atoms with Gasteiger partial charge in [-0.3, -0.25) is 9.69 Å². The molecular formula is C12H17NO3. The number of carbonyl (C=O) groups excluding carboxylic acids is 2. The Morgan fingerprint density at radius 2 is 2.06 bits per heavy atom. The number of ether oxygens (including phenoxy) is 1. The van der Waals surface area contributed by atoms with Crippen LogP contribution in [0, 0.1) is 11.8 Å². The molecule has 3 aliphatic rings. The second kappa shape index (κ2) is 3.47. The summed E-state index contributed by atoms with van der Waals surface area (Å²) in [6.45, 7) is 2.65. The van der Waals surface area contributed by atoms with E-state index in [9.17, 15) is 9.59 Å². The summed E-state index contributed by atoms with van der Waals surface area (Å²) in [4.78, 5) is 25.2. The van der Waals surface area contributed by atoms with Gasteiger partial charge in [0.1, 0.15) is 12.4 Å². The molecule has 2 aliphatic heterocycles. The summed E-state index contributed by atoms with van der Waals surface area (Å²) in [5.74, 6) is 1.22. The number of nitrogens with zero attached hydrogens (tertiary/aromatic N) is 1. The Bertz CT molecular complexity index is 341. The Labute approximate surface area is 94.9 Å². The highest BCUT2D eigenvalue weighted by Crippen LogP contribution is 2.41. The quantitative estimate of drug-likeness (QED) is 0.626. The lowest BCUT2D eigenvalue weighted by Crippen LogP contribution is -2.54. The number of fused-ring (bicyclic) bond motifs is 3. The zero-order valence-electron chi connectivity index (χ0n) is 9.52. The maximum Gasteiger partial charge on any atom is 0.410 e. The SMILES string of the molecule is C[C@@H]1CC(=O)C[C@@H]2[C@H]1CC[C@H]1COC(=O)N12. The molecular weight excluding hydrogens is 206 g/mol. The van der Waals surface area contributed by atoms with Crippen LogP contribution in [-0.4, -0.2) is 35.5 Å². The van der Waals surface area contributed by atoms with Crippen LogP contribution in [0.25, 0.3) is 0 Å². The van der Waals surface area contributed by atoms with Gasteiger partial charge in [-0.15, -0.1) is 0 Å². The van der Waals surface area contributed by atoms with Gasteiger partial charge < -0.3 is 4.74 Å². The normalized spacial score (nSPS) is 42.7. The second-order valence-corrected chi connectivity index (χ2v) is 5.37. The molecule has 0 spiro atoms. The number of amides is 1. The monoisotopic (exact) mass is 223 g/mol. The van der Waals surface area contributed by atoms with Crippen molar-refractivity contribution >= 4 is 11.9 Å². The minimum Gasteiger partial charge on any atom is -0.447 e. The van der Waals surface area contributed by atoms with Crippen molar-refractivity contribution in [3.05, 3.63) is 0 Å². The molecule has 88 valence electrons. The third-order valence-electron chi connectivity index (χ3n) is 4.41. The molecule has 0 aromatic carbocycles. The number of rotatable bonds is 0. The van der Waals surface area contributed by atoms with Crippen LogP contribution in [0.3, 0.4) is 0 Å². The Morgan fingerprint density at radius 1 is 1.25 bits per heavy atom. The highest BCUT2D eigenvalue weighted by Gasteiger charge is 2.48. The van der Waals surface area contributed by atoms with Gasteiger partial charge in [-0.25, -0.2) is 4.79 Å². The third-order valence-corrected chi connectivity index (χ3v) is 4.41. The standard InChI is InChI=1S/C12H17NO3/c1-7-4-9(14)5-11-10(7)3-2-8-6-16-12(15)13(8)11/h7-8,10-11H,2-6H2,1H3/t7-,8+,10+,11-/m1/s1. The molecule has 1 saturated carbocycles. The maximum absolute atomic E-state index is 11.7. The zero-order valence-corrected chi connectivity index (χ0v) is 9.52. The van der Waals surface area contributed by atoms with Gasteiger partial charge >= 0.3 is 6.09 Å². The number of carbonyl (C=O) groups is 2. The second-order valence-electron chi connectivity index (χ2n) is 5.37.